The summed E-state index contributed by atoms with van der Waals surface area (Å²) in [6.07, 6.45) is -4.77. The summed E-state index contributed by atoms with van der Waals surface area (Å²) in [4.78, 5) is 26.0. The van der Waals surface area contributed by atoms with Gasteiger partial charge in [0.15, 0.2) is 0 Å². The summed E-state index contributed by atoms with van der Waals surface area (Å²) in [6.45, 7) is 11.3. The summed E-state index contributed by atoms with van der Waals surface area (Å²) in [5, 5.41) is 3.36. The average Bonchev–Trinajstić information content (AvgIpc) is 3.24. The van der Waals surface area contributed by atoms with E-state index < -0.39 is 40.7 Å². The molecule has 244 valence electrons. The zero-order chi connectivity index (χ0) is 34.3. The summed E-state index contributed by atoms with van der Waals surface area (Å²) in [7, 11) is 0. The van der Waals surface area contributed by atoms with Crippen molar-refractivity contribution in [3.63, 3.8) is 0 Å². The molecule has 5 rings (SSSR count). The molecule has 1 aromatic heterocycles. The second-order valence-electron chi connectivity index (χ2n) is 12.7. The summed E-state index contributed by atoms with van der Waals surface area (Å²) in [6, 6.07) is 21.9. The van der Waals surface area contributed by atoms with E-state index in [2.05, 4.69) is 9.88 Å². The molecule has 0 radical (unpaired) electrons. The molecule has 0 fully saturated rings. The maximum atomic E-state index is 14.5. The van der Waals surface area contributed by atoms with Gasteiger partial charge in [-0.15, -0.1) is 0 Å². The van der Waals surface area contributed by atoms with Crippen molar-refractivity contribution in [2.45, 2.75) is 65.9 Å². The Balaban J connectivity index is 1.38. The highest BCUT2D eigenvalue weighted by Gasteiger charge is 2.36. The summed E-state index contributed by atoms with van der Waals surface area (Å²) in [5.41, 5.74) is 3.91. The van der Waals surface area contributed by atoms with E-state index in [4.69, 9.17) is 4.74 Å². The Hall–Kier alpha value is -4.92. The lowest BCUT2D eigenvalue weighted by Gasteiger charge is -2.20. The van der Waals surface area contributed by atoms with Gasteiger partial charge in [-0.3, -0.25) is 4.79 Å². The molecule has 0 saturated carbocycles. The number of alkyl halides is 3. The molecule has 0 aliphatic heterocycles. The van der Waals surface area contributed by atoms with E-state index in [0.717, 1.165) is 57.0 Å². The second-order valence-corrected chi connectivity index (χ2v) is 12.7. The quantitative estimate of drug-likeness (QED) is 0.142. The van der Waals surface area contributed by atoms with Crippen LogP contribution in [0.25, 0.3) is 22.0 Å². The number of esters is 1. The average molecular weight is 645 g/mol. The van der Waals surface area contributed by atoms with Gasteiger partial charge in [0, 0.05) is 34.3 Å². The molecule has 47 heavy (non-hydrogen) atoms. The van der Waals surface area contributed by atoms with Crippen molar-refractivity contribution in [3.8, 4) is 11.1 Å². The Kier molecular flexibility index (Phi) is 9.04. The number of ether oxygens (including phenoxy) is 1. The number of amides is 1. The highest BCUT2D eigenvalue weighted by molar-refractivity contribution is 5.99. The van der Waals surface area contributed by atoms with Crippen LogP contribution in [0.15, 0.2) is 84.9 Å². The van der Waals surface area contributed by atoms with Crippen molar-refractivity contribution < 1.29 is 31.9 Å². The highest BCUT2D eigenvalue weighted by atomic mass is 19.4. The Morgan fingerprint density at radius 3 is 2.23 bits per heavy atom. The van der Waals surface area contributed by atoms with Crippen LogP contribution in [0.5, 0.6) is 0 Å². The third-order valence-corrected chi connectivity index (χ3v) is 8.19. The van der Waals surface area contributed by atoms with E-state index in [-0.39, 0.29) is 11.5 Å². The number of carbonyl (C=O) groups is 2. The van der Waals surface area contributed by atoms with Gasteiger partial charge >= 0.3 is 12.1 Å². The Labute approximate surface area is 271 Å². The molecular formula is C38H36F4N2O3. The van der Waals surface area contributed by atoms with Gasteiger partial charge in [0.1, 0.15) is 11.4 Å². The van der Waals surface area contributed by atoms with Crippen molar-refractivity contribution >= 4 is 22.8 Å². The largest absolute Gasteiger partial charge is 0.456 e. The first-order valence-electron chi connectivity index (χ1n) is 15.2. The van der Waals surface area contributed by atoms with Crippen molar-refractivity contribution in [1.29, 1.82) is 0 Å². The minimum absolute atomic E-state index is 0.252. The normalized spacial score (nSPS) is 12.6. The number of carbonyl (C=O) groups excluding carboxylic acids is 2. The van der Waals surface area contributed by atoms with Gasteiger partial charge in [-0.1, -0.05) is 48.5 Å². The number of nitrogens with one attached hydrogen (secondary N) is 1. The molecular weight excluding hydrogens is 608 g/mol. The molecule has 1 N–H and O–H groups in total. The number of fused-ring (bicyclic) bond motifs is 1. The third-order valence-electron chi connectivity index (χ3n) is 8.19. The number of aryl methyl sites for hydroxylation is 1. The van der Waals surface area contributed by atoms with Crippen LogP contribution in [0.2, 0.25) is 0 Å². The molecule has 0 spiro atoms. The Morgan fingerprint density at radius 2 is 1.57 bits per heavy atom. The van der Waals surface area contributed by atoms with Crippen LogP contribution in [-0.4, -0.2) is 22.0 Å². The summed E-state index contributed by atoms with van der Waals surface area (Å²) in [5.74, 6) is -2.03. The van der Waals surface area contributed by atoms with Gasteiger partial charge in [-0.2, -0.15) is 13.2 Å². The van der Waals surface area contributed by atoms with Gasteiger partial charge in [0.05, 0.1) is 17.2 Å². The minimum atomic E-state index is -4.77. The number of hydrogen-bond acceptors (Lipinski definition) is 3. The van der Waals surface area contributed by atoms with Crippen molar-refractivity contribution in [2.24, 2.45) is 0 Å². The van der Waals surface area contributed by atoms with Crippen molar-refractivity contribution in [1.82, 2.24) is 9.88 Å². The molecule has 5 nitrogen and oxygen atoms in total. The van der Waals surface area contributed by atoms with E-state index in [1.54, 1.807) is 18.2 Å². The Bertz CT molecular complexity index is 1970. The van der Waals surface area contributed by atoms with Gasteiger partial charge in [0.25, 0.3) is 5.91 Å². The van der Waals surface area contributed by atoms with E-state index in [9.17, 15) is 27.2 Å². The third kappa shape index (κ3) is 7.09. The van der Waals surface area contributed by atoms with Crippen LogP contribution in [0.1, 0.15) is 82.4 Å². The molecule has 9 heteroatoms. The molecule has 0 aliphatic carbocycles. The van der Waals surface area contributed by atoms with Crippen LogP contribution in [0, 0.1) is 19.7 Å². The summed E-state index contributed by atoms with van der Waals surface area (Å²) < 4.78 is 62.9. The number of nitrogens with zero attached hydrogens (tertiary/aromatic N) is 1. The predicted molar refractivity (Wildman–Crippen MR) is 175 cm³/mol. The molecule has 0 bridgehead atoms. The van der Waals surface area contributed by atoms with Gasteiger partial charge in [0.2, 0.25) is 0 Å². The SMILES string of the molecule is Cc1c(C)n(Cc2ccc(-c3ccccc3C(=O)OC(C)(C)C)cc2)c2ccc(C(=O)N[C@@H](C)c3c(F)cccc3C(F)(F)F)cc12. The molecule has 5 aromatic rings. The maximum absolute atomic E-state index is 14.5. The first kappa shape index (κ1) is 33.4. The van der Waals surface area contributed by atoms with Crippen molar-refractivity contribution in [2.75, 3.05) is 0 Å². The number of rotatable bonds is 7. The molecule has 1 heterocycles. The fraction of sp³-hybridized carbons (Fsp3) is 0.263. The first-order valence-corrected chi connectivity index (χ1v) is 15.2. The minimum Gasteiger partial charge on any atom is -0.456 e. The second kappa shape index (κ2) is 12.7. The standard InChI is InChI=1S/C38H36F4N2O3/c1-22-24(3)44(21-25-14-16-26(17-15-25)28-10-7-8-11-29(28)36(46)47-37(4,5)6)33-19-18-27(20-30(22)33)35(45)43-23(2)34-31(38(40,41)42)12-9-13-32(34)39/h7-20,23H,21H2,1-6H3,(H,43,45)/t23-/m0/s1. The summed E-state index contributed by atoms with van der Waals surface area (Å²) >= 11 is 0. The lowest BCUT2D eigenvalue weighted by atomic mass is 9.98. The zero-order valence-corrected chi connectivity index (χ0v) is 27.1. The van der Waals surface area contributed by atoms with Gasteiger partial charge in [-0.25, -0.2) is 9.18 Å². The van der Waals surface area contributed by atoms with E-state index in [1.807, 2.05) is 83.1 Å². The smallest absolute Gasteiger partial charge is 0.416 e. The first-order chi connectivity index (χ1) is 22.0. The zero-order valence-electron chi connectivity index (χ0n) is 27.1. The molecule has 0 unspecified atom stereocenters. The monoisotopic (exact) mass is 644 g/mol. The maximum Gasteiger partial charge on any atom is 0.416 e. The van der Waals surface area contributed by atoms with Crippen LogP contribution in [0.4, 0.5) is 17.6 Å². The molecule has 1 amide bonds. The van der Waals surface area contributed by atoms with Crippen molar-refractivity contribution in [3.05, 3.63) is 130 Å². The number of aromatic nitrogens is 1. The van der Waals surface area contributed by atoms with E-state index in [1.165, 1.54) is 6.92 Å². The van der Waals surface area contributed by atoms with Crippen LogP contribution in [0.3, 0.4) is 0 Å². The van der Waals surface area contributed by atoms with Gasteiger partial charge < -0.3 is 14.6 Å². The number of halogens is 4. The van der Waals surface area contributed by atoms with E-state index in [0.29, 0.717) is 12.1 Å². The van der Waals surface area contributed by atoms with E-state index >= 15 is 0 Å². The van der Waals surface area contributed by atoms with Crippen LogP contribution >= 0.6 is 0 Å². The lowest BCUT2D eigenvalue weighted by Crippen LogP contribution is -2.29. The molecule has 0 aliphatic rings. The Morgan fingerprint density at radius 1 is 0.894 bits per heavy atom. The number of benzene rings is 4. The van der Waals surface area contributed by atoms with Gasteiger partial charge in [-0.05, 0) is 100 Å². The predicted octanol–water partition coefficient (Wildman–Crippen LogP) is 9.58. The number of hydrogen-bond donors (Lipinski definition) is 1. The molecule has 1 atom stereocenters. The molecule has 4 aromatic carbocycles. The topological polar surface area (TPSA) is 60.3 Å². The van der Waals surface area contributed by atoms with Crippen LogP contribution in [-0.2, 0) is 17.5 Å². The fourth-order valence-corrected chi connectivity index (χ4v) is 5.79. The van der Waals surface area contributed by atoms with Crippen LogP contribution < -0.4 is 5.32 Å². The lowest BCUT2D eigenvalue weighted by molar-refractivity contribution is -0.138. The molecule has 0 saturated heterocycles. The fourth-order valence-electron chi connectivity index (χ4n) is 5.79. The highest BCUT2D eigenvalue weighted by Crippen LogP contribution is 2.36.